The average molecular weight is 241 g/mol. The summed E-state index contributed by atoms with van der Waals surface area (Å²) >= 11 is 5.74. The summed E-state index contributed by atoms with van der Waals surface area (Å²) in [5, 5.41) is 3.42. The Morgan fingerprint density at radius 2 is 2.06 bits per heavy atom. The molecule has 6 heteroatoms. The van der Waals surface area contributed by atoms with Gasteiger partial charge in [0, 0.05) is 17.1 Å². The van der Waals surface area contributed by atoms with E-state index in [1.165, 1.54) is 0 Å². The van der Waals surface area contributed by atoms with Crippen molar-refractivity contribution in [2.24, 2.45) is 5.73 Å². The number of rotatable bonds is 2. The Bertz CT molecular complexity index is 381. The average Bonchev–Trinajstić information content (AvgIpc) is 2.68. The standard InChI is InChI=1S/C10H13ClN4O/c11-6-1-3-7(4-2-6)13-10(16)8-5-9(12)15-14-8/h1-4,8-9,14-15H,5,12H2,(H,13,16). The van der Waals surface area contributed by atoms with Gasteiger partial charge >= 0.3 is 0 Å². The van der Waals surface area contributed by atoms with Gasteiger partial charge in [-0.1, -0.05) is 11.6 Å². The van der Waals surface area contributed by atoms with Crippen LogP contribution in [0.25, 0.3) is 0 Å². The molecule has 86 valence electrons. The van der Waals surface area contributed by atoms with Crippen molar-refractivity contribution in [2.75, 3.05) is 5.32 Å². The first-order valence-corrected chi connectivity index (χ1v) is 5.36. The summed E-state index contributed by atoms with van der Waals surface area (Å²) in [5.41, 5.74) is 11.9. The van der Waals surface area contributed by atoms with Gasteiger partial charge in [0.1, 0.15) is 6.04 Å². The van der Waals surface area contributed by atoms with Crippen molar-refractivity contribution in [1.29, 1.82) is 0 Å². The quantitative estimate of drug-likeness (QED) is 0.605. The predicted molar refractivity (Wildman–Crippen MR) is 62.7 cm³/mol. The third kappa shape index (κ3) is 2.70. The van der Waals surface area contributed by atoms with Crippen LogP contribution < -0.4 is 21.9 Å². The van der Waals surface area contributed by atoms with Crippen molar-refractivity contribution in [3.05, 3.63) is 29.3 Å². The Morgan fingerprint density at radius 1 is 1.38 bits per heavy atom. The van der Waals surface area contributed by atoms with Gasteiger partial charge in [0.15, 0.2) is 0 Å². The van der Waals surface area contributed by atoms with E-state index in [9.17, 15) is 4.79 Å². The predicted octanol–water partition coefficient (Wildman–Crippen LogP) is 0.430. The molecule has 1 saturated heterocycles. The van der Waals surface area contributed by atoms with E-state index >= 15 is 0 Å². The molecule has 0 aromatic heterocycles. The molecule has 1 aromatic carbocycles. The highest BCUT2D eigenvalue weighted by Crippen LogP contribution is 2.14. The Balaban J connectivity index is 1.94. The zero-order chi connectivity index (χ0) is 11.5. The van der Waals surface area contributed by atoms with Crippen molar-refractivity contribution in [3.63, 3.8) is 0 Å². The van der Waals surface area contributed by atoms with Crippen LogP contribution in [0.1, 0.15) is 6.42 Å². The third-order valence-electron chi connectivity index (χ3n) is 2.36. The van der Waals surface area contributed by atoms with E-state index in [-0.39, 0.29) is 18.1 Å². The van der Waals surface area contributed by atoms with Crippen molar-refractivity contribution in [1.82, 2.24) is 10.9 Å². The lowest BCUT2D eigenvalue weighted by Crippen LogP contribution is -2.41. The van der Waals surface area contributed by atoms with E-state index in [4.69, 9.17) is 17.3 Å². The van der Waals surface area contributed by atoms with Gasteiger partial charge in [0.25, 0.3) is 0 Å². The maximum Gasteiger partial charge on any atom is 0.242 e. The molecule has 1 aromatic rings. The van der Waals surface area contributed by atoms with Gasteiger partial charge in [-0.2, -0.15) is 0 Å². The van der Waals surface area contributed by atoms with Crippen LogP contribution in [0.4, 0.5) is 5.69 Å². The molecule has 1 aliphatic rings. The van der Waals surface area contributed by atoms with Crippen LogP contribution in [0, 0.1) is 0 Å². The number of halogens is 1. The van der Waals surface area contributed by atoms with E-state index in [1.807, 2.05) is 0 Å². The lowest BCUT2D eigenvalue weighted by atomic mass is 10.2. The Morgan fingerprint density at radius 3 is 2.62 bits per heavy atom. The first kappa shape index (κ1) is 11.3. The summed E-state index contributed by atoms with van der Waals surface area (Å²) in [6.07, 6.45) is 0.389. The minimum absolute atomic E-state index is 0.109. The second-order valence-corrected chi connectivity index (χ2v) is 4.12. The Labute approximate surface area is 98.3 Å². The summed E-state index contributed by atoms with van der Waals surface area (Å²) in [6.45, 7) is 0. The van der Waals surface area contributed by atoms with Gasteiger partial charge in [0.2, 0.25) is 5.91 Å². The molecule has 5 nitrogen and oxygen atoms in total. The molecule has 2 atom stereocenters. The van der Waals surface area contributed by atoms with Crippen LogP contribution >= 0.6 is 11.6 Å². The molecule has 2 unspecified atom stereocenters. The second kappa shape index (κ2) is 4.80. The third-order valence-corrected chi connectivity index (χ3v) is 2.61. The zero-order valence-electron chi connectivity index (χ0n) is 8.53. The lowest BCUT2D eigenvalue weighted by Gasteiger charge is -2.10. The molecule has 0 spiro atoms. The second-order valence-electron chi connectivity index (χ2n) is 3.68. The molecule has 1 heterocycles. The molecule has 16 heavy (non-hydrogen) atoms. The first-order chi connectivity index (χ1) is 7.65. The molecule has 5 N–H and O–H groups in total. The number of anilines is 1. The number of nitrogens with two attached hydrogens (primary N) is 1. The highest BCUT2D eigenvalue weighted by Gasteiger charge is 2.26. The van der Waals surface area contributed by atoms with Crippen LogP contribution in [0.15, 0.2) is 24.3 Å². The molecule has 0 bridgehead atoms. The van der Waals surface area contributed by atoms with Crippen molar-refractivity contribution < 1.29 is 4.79 Å². The number of carbonyl (C=O) groups is 1. The van der Waals surface area contributed by atoms with Crippen LogP contribution in [0.3, 0.4) is 0 Å². The summed E-state index contributed by atoms with van der Waals surface area (Å²) in [5.74, 6) is -0.109. The SMILES string of the molecule is NC1CC(C(=O)Nc2ccc(Cl)cc2)NN1. The van der Waals surface area contributed by atoms with E-state index < -0.39 is 0 Å². The zero-order valence-corrected chi connectivity index (χ0v) is 9.29. The van der Waals surface area contributed by atoms with E-state index in [1.54, 1.807) is 24.3 Å². The number of amides is 1. The van der Waals surface area contributed by atoms with Crippen LogP contribution in [-0.2, 0) is 4.79 Å². The maximum atomic E-state index is 11.7. The van der Waals surface area contributed by atoms with Crippen LogP contribution in [0.5, 0.6) is 0 Å². The summed E-state index contributed by atoms with van der Waals surface area (Å²) < 4.78 is 0. The molecule has 0 aliphatic carbocycles. The van der Waals surface area contributed by atoms with E-state index in [0.717, 1.165) is 5.69 Å². The largest absolute Gasteiger partial charge is 0.325 e. The molecule has 0 radical (unpaired) electrons. The maximum absolute atomic E-state index is 11.7. The van der Waals surface area contributed by atoms with Gasteiger partial charge in [0.05, 0.1) is 6.17 Å². The molecular formula is C10H13ClN4O. The van der Waals surface area contributed by atoms with E-state index in [0.29, 0.717) is 11.4 Å². The molecular weight excluding hydrogens is 228 g/mol. The van der Waals surface area contributed by atoms with Gasteiger partial charge in [-0.15, -0.1) is 0 Å². The minimum atomic E-state index is -0.300. The van der Waals surface area contributed by atoms with Crippen LogP contribution in [0.2, 0.25) is 5.02 Å². The van der Waals surface area contributed by atoms with Crippen molar-refractivity contribution >= 4 is 23.2 Å². The monoisotopic (exact) mass is 240 g/mol. The topological polar surface area (TPSA) is 79.2 Å². The lowest BCUT2D eigenvalue weighted by molar-refractivity contribution is -0.117. The highest BCUT2D eigenvalue weighted by molar-refractivity contribution is 6.30. The molecule has 2 rings (SSSR count). The smallest absolute Gasteiger partial charge is 0.242 e. The highest BCUT2D eigenvalue weighted by atomic mass is 35.5. The van der Waals surface area contributed by atoms with Gasteiger partial charge in [-0.3, -0.25) is 4.79 Å². The van der Waals surface area contributed by atoms with Gasteiger partial charge in [-0.25, -0.2) is 10.9 Å². The minimum Gasteiger partial charge on any atom is -0.325 e. The van der Waals surface area contributed by atoms with E-state index in [2.05, 4.69) is 16.2 Å². The number of benzene rings is 1. The molecule has 0 saturated carbocycles. The normalized spacial score (nSPS) is 24.4. The number of carbonyl (C=O) groups excluding carboxylic acids is 1. The van der Waals surface area contributed by atoms with Gasteiger partial charge < -0.3 is 11.1 Å². The fraction of sp³-hybridized carbons (Fsp3) is 0.300. The summed E-state index contributed by atoms with van der Waals surface area (Å²) in [6, 6.07) is 6.66. The Kier molecular flexibility index (Phi) is 3.40. The summed E-state index contributed by atoms with van der Waals surface area (Å²) in [4.78, 5) is 11.7. The van der Waals surface area contributed by atoms with Gasteiger partial charge in [-0.05, 0) is 24.3 Å². The Hall–Kier alpha value is -1.14. The molecule has 1 aliphatic heterocycles. The van der Waals surface area contributed by atoms with Crippen molar-refractivity contribution in [3.8, 4) is 0 Å². The number of hydrogen-bond donors (Lipinski definition) is 4. The van der Waals surface area contributed by atoms with Crippen LogP contribution in [-0.4, -0.2) is 18.1 Å². The fourth-order valence-electron chi connectivity index (χ4n) is 1.51. The number of hydrogen-bond acceptors (Lipinski definition) is 4. The molecule has 1 fully saturated rings. The number of nitrogens with one attached hydrogen (secondary N) is 3. The number of hydrazine groups is 1. The molecule has 1 amide bonds. The fourth-order valence-corrected chi connectivity index (χ4v) is 1.64. The first-order valence-electron chi connectivity index (χ1n) is 4.98. The van der Waals surface area contributed by atoms with Crippen molar-refractivity contribution in [2.45, 2.75) is 18.6 Å². The summed E-state index contributed by atoms with van der Waals surface area (Å²) in [7, 11) is 0.